The molecule has 0 saturated heterocycles. The van der Waals surface area contributed by atoms with Crippen molar-refractivity contribution in [3.05, 3.63) is 70.3 Å². The molecule has 2 aromatic rings. The van der Waals surface area contributed by atoms with Gasteiger partial charge in [0.05, 0.1) is 28.3 Å². The van der Waals surface area contributed by atoms with Crippen LogP contribution in [0.2, 0.25) is 0 Å². The summed E-state index contributed by atoms with van der Waals surface area (Å²) in [6.07, 6.45) is 0. The normalized spacial score (nSPS) is 12.8. The van der Waals surface area contributed by atoms with E-state index < -0.39 is 17.8 Å². The number of nitrogens with zero attached hydrogens (tertiary/aromatic N) is 2. The third-order valence-electron chi connectivity index (χ3n) is 3.51. The van der Waals surface area contributed by atoms with E-state index in [-0.39, 0.29) is 16.7 Å². The predicted octanol–water partition coefficient (Wildman–Crippen LogP) is 2.23. The van der Waals surface area contributed by atoms with E-state index in [2.05, 4.69) is 0 Å². The van der Waals surface area contributed by atoms with Gasteiger partial charge >= 0.3 is 5.97 Å². The fourth-order valence-electron chi connectivity index (χ4n) is 2.34. The number of nitriles is 1. The second-order valence-corrected chi connectivity index (χ2v) is 4.97. The lowest BCUT2D eigenvalue weighted by atomic mass is 10.1. The molecule has 0 unspecified atom stereocenters. The Bertz CT molecular complexity index is 861. The molecule has 112 valence electrons. The molecule has 0 radical (unpaired) electrons. The van der Waals surface area contributed by atoms with Crippen LogP contribution in [0.1, 0.15) is 42.2 Å². The van der Waals surface area contributed by atoms with E-state index in [1.807, 2.05) is 6.07 Å². The van der Waals surface area contributed by atoms with Crippen LogP contribution in [-0.2, 0) is 4.84 Å². The summed E-state index contributed by atoms with van der Waals surface area (Å²) in [6.45, 7) is 1.64. The molecule has 23 heavy (non-hydrogen) atoms. The molecule has 0 saturated carbocycles. The molecule has 0 fully saturated rings. The number of carbonyl (C=O) groups excluding carboxylic acids is 3. The third kappa shape index (κ3) is 2.34. The number of fused-ring (bicyclic) bond motifs is 1. The highest BCUT2D eigenvalue weighted by atomic mass is 16.7. The molecule has 6 heteroatoms. The lowest BCUT2D eigenvalue weighted by Gasteiger charge is -2.13. The molecule has 1 aliphatic heterocycles. The number of hydrogen-bond donors (Lipinski definition) is 0. The van der Waals surface area contributed by atoms with Gasteiger partial charge in [0.1, 0.15) is 0 Å². The van der Waals surface area contributed by atoms with Gasteiger partial charge in [-0.05, 0) is 42.8 Å². The van der Waals surface area contributed by atoms with E-state index in [4.69, 9.17) is 10.1 Å². The summed E-state index contributed by atoms with van der Waals surface area (Å²) in [5.74, 6) is -2.18. The zero-order valence-electron chi connectivity index (χ0n) is 12.1. The average molecular weight is 306 g/mol. The van der Waals surface area contributed by atoms with Crippen molar-refractivity contribution in [1.29, 1.82) is 5.26 Å². The number of hydroxylamine groups is 2. The molecule has 0 aromatic heterocycles. The van der Waals surface area contributed by atoms with E-state index in [1.165, 1.54) is 30.3 Å². The van der Waals surface area contributed by atoms with E-state index in [0.717, 1.165) is 0 Å². The topological polar surface area (TPSA) is 87.5 Å². The SMILES string of the molecule is Cc1cc(C#N)ccc1C(=O)ON1C(=O)c2ccccc2C1=O. The van der Waals surface area contributed by atoms with Crippen LogP contribution in [0.3, 0.4) is 0 Å². The second-order valence-electron chi connectivity index (χ2n) is 4.97. The Morgan fingerprint density at radius 1 is 1.09 bits per heavy atom. The summed E-state index contributed by atoms with van der Waals surface area (Å²) in [7, 11) is 0. The van der Waals surface area contributed by atoms with Crippen molar-refractivity contribution in [3.8, 4) is 6.07 Å². The summed E-state index contributed by atoms with van der Waals surface area (Å²) >= 11 is 0. The maximum Gasteiger partial charge on any atom is 0.364 e. The monoisotopic (exact) mass is 306 g/mol. The molecule has 0 aliphatic carbocycles. The van der Waals surface area contributed by atoms with Crippen LogP contribution >= 0.6 is 0 Å². The summed E-state index contributed by atoms with van der Waals surface area (Å²) in [6, 6.07) is 12.6. The molecule has 0 bridgehead atoms. The van der Waals surface area contributed by atoms with Gasteiger partial charge < -0.3 is 4.84 Å². The first kappa shape index (κ1) is 14.5. The maximum absolute atomic E-state index is 12.2. The van der Waals surface area contributed by atoms with Crippen LogP contribution in [0.15, 0.2) is 42.5 Å². The van der Waals surface area contributed by atoms with Crippen molar-refractivity contribution in [2.24, 2.45) is 0 Å². The predicted molar refractivity (Wildman–Crippen MR) is 78.3 cm³/mol. The van der Waals surface area contributed by atoms with E-state index in [0.29, 0.717) is 16.2 Å². The third-order valence-corrected chi connectivity index (χ3v) is 3.51. The summed E-state index contributed by atoms with van der Waals surface area (Å²) in [5, 5.41) is 9.29. The largest absolute Gasteiger partial charge is 0.364 e. The van der Waals surface area contributed by atoms with Crippen molar-refractivity contribution in [3.63, 3.8) is 0 Å². The minimum Gasteiger partial charge on any atom is -0.324 e. The minimum absolute atomic E-state index is 0.181. The van der Waals surface area contributed by atoms with Crippen molar-refractivity contribution >= 4 is 17.8 Å². The Morgan fingerprint density at radius 2 is 1.70 bits per heavy atom. The Morgan fingerprint density at radius 3 is 2.22 bits per heavy atom. The zero-order valence-corrected chi connectivity index (χ0v) is 12.1. The van der Waals surface area contributed by atoms with Gasteiger partial charge in [-0.3, -0.25) is 9.59 Å². The summed E-state index contributed by atoms with van der Waals surface area (Å²) in [4.78, 5) is 41.5. The fraction of sp³-hybridized carbons (Fsp3) is 0.0588. The van der Waals surface area contributed by atoms with Gasteiger partial charge in [-0.15, -0.1) is 0 Å². The number of imide groups is 1. The molecular weight excluding hydrogens is 296 g/mol. The molecule has 2 amide bonds. The van der Waals surface area contributed by atoms with Crippen molar-refractivity contribution in [1.82, 2.24) is 5.06 Å². The highest BCUT2D eigenvalue weighted by Gasteiger charge is 2.38. The quantitative estimate of drug-likeness (QED) is 0.794. The van der Waals surface area contributed by atoms with E-state index in [1.54, 1.807) is 19.1 Å². The highest BCUT2D eigenvalue weighted by Crippen LogP contribution is 2.23. The lowest BCUT2D eigenvalue weighted by molar-refractivity contribution is -0.0585. The summed E-state index contributed by atoms with van der Waals surface area (Å²) < 4.78 is 0. The Kier molecular flexibility index (Phi) is 3.39. The molecule has 0 atom stereocenters. The minimum atomic E-state index is -0.832. The zero-order chi connectivity index (χ0) is 16.6. The number of aryl methyl sites for hydroxylation is 1. The maximum atomic E-state index is 12.2. The van der Waals surface area contributed by atoms with Gasteiger partial charge in [0.25, 0.3) is 11.8 Å². The number of carbonyl (C=O) groups is 3. The van der Waals surface area contributed by atoms with Crippen LogP contribution in [0.25, 0.3) is 0 Å². The van der Waals surface area contributed by atoms with Gasteiger partial charge in [0.2, 0.25) is 0 Å². The fourth-order valence-corrected chi connectivity index (χ4v) is 2.34. The van der Waals surface area contributed by atoms with Gasteiger partial charge in [-0.25, -0.2) is 4.79 Å². The first-order valence-corrected chi connectivity index (χ1v) is 6.74. The summed E-state index contributed by atoms with van der Waals surface area (Å²) in [5.41, 5.74) is 1.50. The molecule has 1 aliphatic rings. The van der Waals surface area contributed by atoms with Crippen LogP contribution < -0.4 is 0 Å². The van der Waals surface area contributed by atoms with Crippen LogP contribution in [0.5, 0.6) is 0 Å². The van der Waals surface area contributed by atoms with Gasteiger partial charge in [-0.1, -0.05) is 17.2 Å². The van der Waals surface area contributed by atoms with Crippen molar-refractivity contribution in [2.75, 3.05) is 0 Å². The van der Waals surface area contributed by atoms with Crippen LogP contribution in [0.4, 0.5) is 0 Å². The Balaban J connectivity index is 1.86. The highest BCUT2D eigenvalue weighted by molar-refractivity contribution is 6.21. The number of hydrogen-bond acceptors (Lipinski definition) is 5. The Labute approximate surface area is 131 Å². The van der Waals surface area contributed by atoms with Crippen LogP contribution in [0, 0.1) is 18.3 Å². The van der Waals surface area contributed by atoms with Crippen molar-refractivity contribution < 1.29 is 19.2 Å². The van der Waals surface area contributed by atoms with E-state index >= 15 is 0 Å². The smallest absolute Gasteiger partial charge is 0.324 e. The lowest BCUT2D eigenvalue weighted by Crippen LogP contribution is -2.32. The number of benzene rings is 2. The first-order chi connectivity index (χ1) is 11.0. The standard InChI is InChI=1S/C17H10N2O4/c1-10-8-11(9-18)6-7-12(10)17(22)23-19-15(20)13-4-2-3-5-14(13)16(19)21/h2-8H,1H3. The molecule has 0 N–H and O–H groups in total. The molecule has 6 nitrogen and oxygen atoms in total. The van der Waals surface area contributed by atoms with E-state index in [9.17, 15) is 14.4 Å². The van der Waals surface area contributed by atoms with Crippen molar-refractivity contribution in [2.45, 2.75) is 6.92 Å². The number of amides is 2. The number of rotatable bonds is 2. The molecule has 0 spiro atoms. The molecule has 2 aromatic carbocycles. The second kappa shape index (κ2) is 5.39. The first-order valence-electron chi connectivity index (χ1n) is 6.74. The average Bonchev–Trinajstić information content (AvgIpc) is 2.80. The Hall–Kier alpha value is -3.46. The van der Waals surface area contributed by atoms with Gasteiger partial charge in [0.15, 0.2) is 0 Å². The van der Waals surface area contributed by atoms with Crippen LogP contribution in [-0.4, -0.2) is 22.8 Å². The van der Waals surface area contributed by atoms with Gasteiger partial charge in [0, 0.05) is 0 Å². The van der Waals surface area contributed by atoms with Gasteiger partial charge in [-0.2, -0.15) is 5.26 Å². The molecular formula is C17H10N2O4. The molecule has 3 rings (SSSR count). The molecule has 1 heterocycles.